The molecule has 0 aliphatic rings. The Hall–Kier alpha value is -6.70. The lowest BCUT2D eigenvalue weighted by molar-refractivity contribution is 1.30. The fourth-order valence-electron chi connectivity index (χ4n) is 7.31. The summed E-state index contributed by atoms with van der Waals surface area (Å²) in [4.78, 5) is 2.48. The van der Waals surface area contributed by atoms with E-state index in [4.69, 9.17) is 0 Å². The molecule has 0 N–H and O–H groups in total. The van der Waals surface area contributed by atoms with Crippen molar-refractivity contribution >= 4 is 38.6 Å². The van der Waals surface area contributed by atoms with Crippen LogP contribution in [0.5, 0.6) is 0 Å². The lowest BCUT2D eigenvalue weighted by atomic mass is 9.94. The Morgan fingerprint density at radius 2 is 0.725 bits per heavy atom. The smallest absolute Gasteiger partial charge is 0.0546 e. The largest absolute Gasteiger partial charge is 0.309 e. The molecule has 1 nitrogen and oxygen atoms in total. The van der Waals surface area contributed by atoms with Crippen LogP contribution in [0, 0.1) is 0 Å². The molecule has 9 rings (SSSR count). The maximum atomic E-state index is 2.48. The molecular formula is C50H35N. The molecule has 0 aliphatic carbocycles. The molecule has 0 unspecified atom stereocenters. The average Bonchev–Trinajstić information content (AvgIpc) is 3.22. The number of fused-ring (bicyclic) bond motifs is 2. The second-order valence-electron chi connectivity index (χ2n) is 13.0. The summed E-state index contributed by atoms with van der Waals surface area (Å²) >= 11 is 0. The van der Waals surface area contributed by atoms with Gasteiger partial charge in [0.15, 0.2) is 0 Å². The highest BCUT2D eigenvalue weighted by molar-refractivity contribution is 6.04. The van der Waals surface area contributed by atoms with Crippen LogP contribution in [0.1, 0.15) is 0 Å². The topological polar surface area (TPSA) is 3.24 Å². The Bertz CT molecular complexity index is 2620. The minimum Gasteiger partial charge on any atom is -0.309 e. The summed E-state index contributed by atoms with van der Waals surface area (Å²) in [6.45, 7) is 0. The van der Waals surface area contributed by atoms with Crippen LogP contribution in [-0.4, -0.2) is 0 Å². The van der Waals surface area contributed by atoms with Crippen LogP contribution in [0.15, 0.2) is 212 Å². The minimum absolute atomic E-state index is 1.12. The van der Waals surface area contributed by atoms with E-state index in [-0.39, 0.29) is 0 Å². The molecule has 240 valence electrons. The lowest BCUT2D eigenvalue weighted by Gasteiger charge is -2.31. The molecule has 0 atom stereocenters. The third kappa shape index (κ3) is 5.86. The predicted octanol–water partition coefficient (Wildman–Crippen LogP) is 14.1. The van der Waals surface area contributed by atoms with Gasteiger partial charge in [-0.15, -0.1) is 0 Å². The fraction of sp³-hybridized carbons (Fsp3) is 0. The molecule has 0 heterocycles. The Morgan fingerprint density at radius 3 is 1.53 bits per heavy atom. The number of nitrogens with zero attached hydrogens (tertiary/aromatic N) is 1. The summed E-state index contributed by atoms with van der Waals surface area (Å²) in [6, 6.07) is 76.8. The zero-order chi connectivity index (χ0) is 34.0. The van der Waals surface area contributed by atoms with Gasteiger partial charge in [-0.1, -0.05) is 188 Å². The average molecular weight is 650 g/mol. The van der Waals surface area contributed by atoms with Crippen molar-refractivity contribution in [3.05, 3.63) is 212 Å². The summed E-state index contributed by atoms with van der Waals surface area (Å²) in [6.07, 6.45) is 0. The number of rotatable bonds is 7. The molecule has 0 amide bonds. The number of para-hydroxylation sites is 1. The first-order valence-electron chi connectivity index (χ1n) is 17.5. The Labute approximate surface area is 299 Å². The van der Waals surface area contributed by atoms with Gasteiger partial charge in [-0.3, -0.25) is 0 Å². The van der Waals surface area contributed by atoms with Crippen molar-refractivity contribution in [3.8, 4) is 44.5 Å². The third-order valence-electron chi connectivity index (χ3n) is 9.86. The maximum absolute atomic E-state index is 2.48. The third-order valence-corrected chi connectivity index (χ3v) is 9.86. The zero-order valence-corrected chi connectivity index (χ0v) is 28.2. The molecule has 0 aliphatic heterocycles. The molecule has 0 spiro atoms. The van der Waals surface area contributed by atoms with Gasteiger partial charge in [0.2, 0.25) is 0 Å². The number of hydrogen-bond acceptors (Lipinski definition) is 1. The van der Waals surface area contributed by atoms with E-state index in [2.05, 4.69) is 217 Å². The Kier molecular flexibility index (Phi) is 7.92. The van der Waals surface area contributed by atoms with Gasteiger partial charge in [-0.2, -0.15) is 0 Å². The molecule has 51 heavy (non-hydrogen) atoms. The number of anilines is 3. The van der Waals surface area contributed by atoms with Crippen LogP contribution in [0.3, 0.4) is 0 Å². The van der Waals surface area contributed by atoms with E-state index in [0.29, 0.717) is 0 Å². The highest BCUT2D eigenvalue weighted by Gasteiger charge is 2.23. The summed E-state index contributed by atoms with van der Waals surface area (Å²) in [5.41, 5.74) is 12.8. The molecule has 9 aromatic carbocycles. The van der Waals surface area contributed by atoms with Crippen molar-refractivity contribution in [2.45, 2.75) is 0 Å². The lowest BCUT2D eigenvalue weighted by Crippen LogP contribution is -2.13. The van der Waals surface area contributed by atoms with Crippen LogP contribution in [0.25, 0.3) is 66.1 Å². The molecule has 0 fully saturated rings. The maximum Gasteiger partial charge on any atom is 0.0546 e. The van der Waals surface area contributed by atoms with Gasteiger partial charge in [0.05, 0.1) is 17.1 Å². The van der Waals surface area contributed by atoms with Crippen molar-refractivity contribution in [3.63, 3.8) is 0 Å². The van der Waals surface area contributed by atoms with Gasteiger partial charge in [-0.05, 0) is 73.8 Å². The van der Waals surface area contributed by atoms with Crippen molar-refractivity contribution in [1.82, 2.24) is 0 Å². The second-order valence-corrected chi connectivity index (χ2v) is 13.0. The van der Waals surface area contributed by atoms with E-state index < -0.39 is 0 Å². The summed E-state index contributed by atoms with van der Waals surface area (Å²) in [7, 11) is 0. The van der Waals surface area contributed by atoms with Gasteiger partial charge >= 0.3 is 0 Å². The first-order valence-corrected chi connectivity index (χ1v) is 17.5. The minimum atomic E-state index is 1.12. The zero-order valence-electron chi connectivity index (χ0n) is 28.2. The molecule has 0 saturated heterocycles. The van der Waals surface area contributed by atoms with E-state index >= 15 is 0 Å². The normalized spacial score (nSPS) is 11.1. The SMILES string of the molecule is c1ccc(-c2ccc(-c3ccccc3N(c3cc(-c4ccc5ccccc5c4)ccc3-c3ccccc3)c3cccc4ccccc34)cc2)cc1. The predicted molar refractivity (Wildman–Crippen MR) is 218 cm³/mol. The van der Waals surface area contributed by atoms with Crippen LogP contribution in [-0.2, 0) is 0 Å². The first-order chi connectivity index (χ1) is 25.3. The van der Waals surface area contributed by atoms with Gasteiger partial charge in [0.1, 0.15) is 0 Å². The molecule has 0 saturated carbocycles. The van der Waals surface area contributed by atoms with Gasteiger partial charge in [0.25, 0.3) is 0 Å². The van der Waals surface area contributed by atoms with Gasteiger partial charge in [-0.25, -0.2) is 0 Å². The molecule has 1 heteroatoms. The van der Waals surface area contributed by atoms with Crippen LogP contribution in [0.4, 0.5) is 17.1 Å². The number of hydrogen-bond donors (Lipinski definition) is 0. The van der Waals surface area contributed by atoms with Gasteiger partial charge < -0.3 is 4.90 Å². The van der Waals surface area contributed by atoms with Crippen LogP contribution < -0.4 is 4.90 Å². The van der Waals surface area contributed by atoms with Gasteiger partial charge in [0, 0.05) is 16.5 Å². The quantitative estimate of drug-likeness (QED) is 0.166. The van der Waals surface area contributed by atoms with E-state index in [1.807, 2.05) is 0 Å². The van der Waals surface area contributed by atoms with E-state index in [9.17, 15) is 0 Å². The molecule has 9 aromatic rings. The molecule has 0 bridgehead atoms. The highest BCUT2D eigenvalue weighted by Crippen LogP contribution is 2.48. The van der Waals surface area contributed by atoms with Crippen molar-refractivity contribution in [2.75, 3.05) is 4.90 Å². The van der Waals surface area contributed by atoms with Crippen molar-refractivity contribution < 1.29 is 0 Å². The van der Waals surface area contributed by atoms with Crippen LogP contribution in [0.2, 0.25) is 0 Å². The van der Waals surface area contributed by atoms with Crippen molar-refractivity contribution in [1.29, 1.82) is 0 Å². The van der Waals surface area contributed by atoms with E-state index in [1.165, 1.54) is 66.1 Å². The standard InChI is InChI=1S/C50H35N/c1-3-14-36(15-4-1)38-26-29-41(30-27-38)46-23-11-12-24-48(46)51(49-25-13-21-40-19-9-10-22-45(40)49)50-35-44(32-33-47(50)39-17-5-2-6-18-39)43-31-28-37-16-7-8-20-42(37)34-43/h1-35H. The number of benzene rings is 9. The second kappa shape index (κ2) is 13.3. The van der Waals surface area contributed by atoms with Crippen LogP contribution >= 0.6 is 0 Å². The summed E-state index contributed by atoms with van der Waals surface area (Å²) < 4.78 is 0. The molecule has 0 aromatic heterocycles. The monoisotopic (exact) mass is 649 g/mol. The van der Waals surface area contributed by atoms with E-state index in [0.717, 1.165) is 17.1 Å². The highest BCUT2D eigenvalue weighted by atomic mass is 15.1. The summed E-state index contributed by atoms with van der Waals surface area (Å²) in [5, 5.41) is 4.88. The molecular weight excluding hydrogens is 615 g/mol. The first kappa shape index (κ1) is 30.4. The molecule has 0 radical (unpaired) electrons. The van der Waals surface area contributed by atoms with Crippen molar-refractivity contribution in [2.24, 2.45) is 0 Å². The fourth-order valence-corrected chi connectivity index (χ4v) is 7.31. The Balaban J connectivity index is 1.30. The Morgan fingerprint density at radius 1 is 0.235 bits per heavy atom. The van der Waals surface area contributed by atoms with E-state index in [1.54, 1.807) is 0 Å². The summed E-state index contributed by atoms with van der Waals surface area (Å²) in [5.74, 6) is 0.